The number of rotatable bonds is 3. The van der Waals surface area contributed by atoms with Gasteiger partial charge in [-0.05, 0) is 54.8 Å². The lowest BCUT2D eigenvalue weighted by Gasteiger charge is -2.09. The first-order chi connectivity index (χ1) is 10.3. The number of hydrogen-bond acceptors (Lipinski definition) is 2. The Hall–Kier alpha value is -1.84. The van der Waals surface area contributed by atoms with Crippen molar-refractivity contribution in [2.75, 3.05) is 13.1 Å². The Labute approximate surface area is 137 Å². The largest absolute Gasteiger partial charge is 0.348 e. The number of hydrogen-bond donors (Lipinski definition) is 2. The molecule has 0 unspecified atom stereocenters. The van der Waals surface area contributed by atoms with Crippen molar-refractivity contribution in [2.24, 2.45) is 0 Å². The maximum absolute atomic E-state index is 12.3. The van der Waals surface area contributed by atoms with E-state index in [1.165, 1.54) is 11.1 Å². The first-order valence-electron chi connectivity index (χ1n) is 7.47. The Kier molecular flexibility index (Phi) is 5.99. The van der Waals surface area contributed by atoms with E-state index in [9.17, 15) is 4.79 Å². The molecule has 4 heteroatoms. The zero-order chi connectivity index (χ0) is 14.5. The van der Waals surface area contributed by atoms with Gasteiger partial charge < -0.3 is 10.6 Å². The van der Waals surface area contributed by atoms with Gasteiger partial charge in [0.2, 0.25) is 0 Å². The van der Waals surface area contributed by atoms with Crippen LogP contribution in [0.2, 0.25) is 0 Å². The highest BCUT2D eigenvalue weighted by Crippen LogP contribution is 2.15. The zero-order valence-corrected chi connectivity index (χ0v) is 13.3. The van der Waals surface area contributed by atoms with Crippen molar-refractivity contribution in [3.63, 3.8) is 0 Å². The molecule has 0 aliphatic carbocycles. The number of amides is 1. The molecule has 1 heterocycles. The molecule has 1 amide bonds. The molecule has 0 aromatic heterocycles. The molecule has 0 bridgehead atoms. The van der Waals surface area contributed by atoms with Crippen LogP contribution in [0.3, 0.4) is 0 Å². The van der Waals surface area contributed by atoms with Crippen molar-refractivity contribution in [1.82, 2.24) is 10.6 Å². The van der Waals surface area contributed by atoms with E-state index in [1.54, 1.807) is 0 Å². The standard InChI is InChI=1S/C18H20N2O.ClH/c21-18(20-13-14-4-2-1-3-5-14)17-7-6-15-8-10-19-11-9-16(15)12-17;/h1-7,12,19H,8-11,13H2,(H,20,21);1H. The van der Waals surface area contributed by atoms with Gasteiger partial charge in [0, 0.05) is 12.1 Å². The van der Waals surface area contributed by atoms with Gasteiger partial charge in [-0.2, -0.15) is 0 Å². The highest BCUT2D eigenvalue weighted by molar-refractivity contribution is 5.94. The monoisotopic (exact) mass is 316 g/mol. The summed E-state index contributed by atoms with van der Waals surface area (Å²) in [7, 11) is 0. The van der Waals surface area contributed by atoms with Gasteiger partial charge in [-0.15, -0.1) is 12.4 Å². The highest BCUT2D eigenvalue weighted by Gasteiger charge is 2.11. The van der Waals surface area contributed by atoms with Gasteiger partial charge in [-0.1, -0.05) is 36.4 Å². The molecule has 1 aliphatic rings. The van der Waals surface area contributed by atoms with Gasteiger partial charge in [-0.3, -0.25) is 4.79 Å². The van der Waals surface area contributed by atoms with Crippen LogP contribution in [0.4, 0.5) is 0 Å². The molecule has 2 aromatic carbocycles. The van der Waals surface area contributed by atoms with Crippen molar-refractivity contribution in [3.8, 4) is 0 Å². The van der Waals surface area contributed by atoms with E-state index in [0.717, 1.165) is 37.1 Å². The Balaban J connectivity index is 0.00000176. The Bertz CT molecular complexity index is 628. The maximum Gasteiger partial charge on any atom is 0.251 e. The third kappa shape index (κ3) is 4.09. The summed E-state index contributed by atoms with van der Waals surface area (Å²) in [6.07, 6.45) is 2.04. The summed E-state index contributed by atoms with van der Waals surface area (Å²) >= 11 is 0. The summed E-state index contributed by atoms with van der Waals surface area (Å²) in [5.74, 6) is -0.00106. The van der Waals surface area contributed by atoms with Crippen molar-refractivity contribution in [2.45, 2.75) is 19.4 Å². The van der Waals surface area contributed by atoms with Crippen LogP contribution in [-0.4, -0.2) is 19.0 Å². The van der Waals surface area contributed by atoms with Crippen LogP contribution in [0.1, 0.15) is 27.0 Å². The second-order valence-electron chi connectivity index (χ2n) is 5.40. The smallest absolute Gasteiger partial charge is 0.251 e. The molecule has 3 rings (SSSR count). The van der Waals surface area contributed by atoms with Crippen molar-refractivity contribution in [1.29, 1.82) is 0 Å². The number of benzene rings is 2. The molecule has 0 saturated heterocycles. The molecule has 116 valence electrons. The minimum atomic E-state index is -0.00106. The fourth-order valence-corrected chi connectivity index (χ4v) is 2.70. The van der Waals surface area contributed by atoms with Gasteiger partial charge >= 0.3 is 0 Å². The molecule has 0 saturated carbocycles. The van der Waals surface area contributed by atoms with E-state index < -0.39 is 0 Å². The second kappa shape index (κ2) is 7.97. The first kappa shape index (κ1) is 16.5. The summed E-state index contributed by atoms with van der Waals surface area (Å²) in [4.78, 5) is 12.3. The third-order valence-corrected chi connectivity index (χ3v) is 3.91. The molecule has 3 nitrogen and oxygen atoms in total. The lowest BCUT2D eigenvalue weighted by molar-refractivity contribution is 0.0951. The van der Waals surface area contributed by atoms with Crippen LogP contribution in [0.15, 0.2) is 48.5 Å². The van der Waals surface area contributed by atoms with Gasteiger partial charge in [0.05, 0.1) is 0 Å². The Morgan fingerprint density at radius 1 is 1.00 bits per heavy atom. The van der Waals surface area contributed by atoms with Crippen molar-refractivity contribution >= 4 is 18.3 Å². The molecule has 0 spiro atoms. The second-order valence-corrected chi connectivity index (χ2v) is 5.40. The quantitative estimate of drug-likeness (QED) is 0.914. The summed E-state index contributed by atoms with van der Waals surface area (Å²) in [6.45, 7) is 2.58. The van der Waals surface area contributed by atoms with Crippen molar-refractivity contribution < 1.29 is 4.79 Å². The van der Waals surface area contributed by atoms with Gasteiger partial charge in [-0.25, -0.2) is 0 Å². The average Bonchev–Trinajstić information content (AvgIpc) is 2.78. The summed E-state index contributed by atoms with van der Waals surface area (Å²) in [6, 6.07) is 16.1. The fourth-order valence-electron chi connectivity index (χ4n) is 2.70. The number of fused-ring (bicyclic) bond motifs is 1. The molecule has 0 fully saturated rings. The predicted octanol–water partition coefficient (Wildman–Crippen LogP) is 2.73. The topological polar surface area (TPSA) is 41.1 Å². The van der Waals surface area contributed by atoms with Crippen LogP contribution in [0.5, 0.6) is 0 Å². The van der Waals surface area contributed by atoms with E-state index in [4.69, 9.17) is 0 Å². The summed E-state index contributed by atoms with van der Waals surface area (Å²) in [5, 5.41) is 6.37. The Morgan fingerprint density at radius 3 is 2.50 bits per heavy atom. The summed E-state index contributed by atoms with van der Waals surface area (Å²) in [5.41, 5.74) is 4.53. The third-order valence-electron chi connectivity index (χ3n) is 3.91. The normalized spacial score (nSPS) is 13.5. The number of carbonyl (C=O) groups is 1. The zero-order valence-electron chi connectivity index (χ0n) is 12.5. The van der Waals surface area contributed by atoms with Gasteiger partial charge in [0.25, 0.3) is 5.91 Å². The van der Waals surface area contributed by atoms with E-state index in [1.807, 2.05) is 42.5 Å². The number of halogens is 1. The molecule has 2 N–H and O–H groups in total. The molecule has 0 atom stereocenters. The minimum Gasteiger partial charge on any atom is -0.348 e. The van der Waals surface area contributed by atoms with Crippen LogP contribution in [0, 0.1) is 0 Å². The molecule has 0 radical (unpaired) electrons. The van der Waals surface area contributed by atoms with E-state index in [0.29, 0.717) is 6.54 Å². The molecule has 2 aromatic rings. The molecule has 22 heavy (non-hydrogen) atoms. The van der Waals surface area contributed by atoms with Crippen LogP contribution >= 0.6 is 12.4 Å². The van der Waals surface area contributed by atoms with Gasteiger partial charge in [0.15, 0.2) is 0 Å². The molecular formula is C18H21ClN2O. The summed E-state index contributed by atoms with van der Waals surface area (Å²) < 4.78 is 0. The number of nitrogens with one attached hydrogen (secondary N) is 2. The highest BCUT2D eigenvalue weighted by atomic mass is 35.5. The molecular weight excluding hydrogens is 296 g/mol. The van der Waals surface area contributed by atoms with Crippen LogP contribution in [0.25, 0.3) is 0 Å². The fraction of sp³-hybridized carbons (Fsp3) is 0.278. The van der Waals surface area contributed by atoms with Crippen LogP contribution < -0.4 is 10.6 Å². The maximum atomic E-state index is 12.3. The van der Waals surface area contributed by atoms with Crippen molar-refractivity contribution in [3.05, 3.63) is 70.8 Å². The first-order valence-corrected chi connectivity index (χ1v) is 7.47. The lowest BCUT2D eigenvalue weighted by atomic mass is 10.00. The van der Waals surface area contributed by atoms with E-state index in [-0.39, 0.29) is 18.3 Å². The minimum absolute atomic E-state index is 0. The average molecular weight is 317 g/mol. The van der Waals surface area contributed by atoms with Gasteiger partial charge in [0.1, 0.15) is 0 Å². The van der Waals surface area contributed by atoms with E-state index >= 15 is 0 Å². The van der Waals surface area contributed by atoms with Crippen LogP contribution in [-0.2, 0) is 19.4 Å². The number of carbonyl (C=O) groups excluding carboxylic acids is 1. The molecule has 1 aliphatic heterocycles. The lowest BCUT2D eigenvalue weighted by Crippen LogP contribution is -2.23. The Morgan fingerprint density at radius 2 is 1.73 bits per heavy atom. The SMILES string of the molecule is Cl.O=C(NCc1ccccc1)c1ccc2c(c1)CCNCC2. The van der Waals surface area contributed by atoms with E-state index in [2.05, 4.69) is 16.7 Å². The predicted molar refractivity (Wildman–Crippen MR) is 91.6 cm³/mol.